The smallest absolute Gasteiger partial charge is 0.119 e. The van der Waals surface area contributed by atoms with Gasteiger partial charge in [0.2, 0.25) is 0 Å². The van der Waals surface area contributed by atoms with Crippen molar-refractivity contribution in [1.29, 1.82) is 0 Å². The summed E-state index contributed by atoms with van der Waals surface area (Å²) in [5.74, 6) is 1.79. The van der Waals surface area contributed by atoms with Crippen molar-refractivity contribution < 1.29 is 9.47 Å². The Hall–Kier alpha value is -1.10. The first-order valence-corrected chi connectivity index (χ1v) is 7.90. The Morgan fingerprint density at radius 3 is 2.52 bits per heavy atom. The molecule has 0 aliphatic heterocycles. The highest BCUT2D eigenvalue weighted by Crippen LogP contribution is 2.28. The lowest BCUT2D eigenvalue weighted by Gasteiger charge is -2.17. The van der Waals surface area contributed by atoms with E-state index >= 15 is 0 Å². The zero-order chi connectivity index (χ0) is 14.9. The minimum absolute atomic E-state index is 0.713. The van der Waals surface area contributed by atoms with Crippen molar-refractivity contribution in [3.63, 3.8) is 0 Å². The van der Waals surface area contributed by atoms with Gasteiger partial charge < -0.3 is 19.7 Å². The molecule has 1 fully saturated rings. The molecule has 1 aromatic carbocycles. The monoisotopic (exact) mass is 292 g/mol. The number of benzene rings is 1. The topological polar surface area (TPSA) is 33.7 Å². The van der Waals surface area contributed by atoms with Gasteiger partial charge in [-0.3, -0.25) is 0 Å². The molecule has 1 aliphatic rings. The summed E-state index contributed by atoms with van der Waals surface area (Å²) >= 11 is 0. The normalized spacial score (nSPS) is 14.6. The van der Waals surface area contributed by atoms with Crippen molar-refractivity contribution in [3.05, 3.63) is 29.8 Å². The molecule has 0 unspecified atom stereocenters. The summed E-state index contributed by atoms with van der Waals surface area (Å²) in [6, 6.07) is 8.26. The van der Waals surface area contributed by atoms with Crippen LogP contribution in [0.25, 0.3) is 0 Å². The van der Waals surface area contributed by atoms with Gasteiger partial charge in [-0.25, -0.2) is 0 Å². The molecule has 0 radical (unpaired) electrons. The summed E-state index contributed by atoms with van der Waals surface area (Å²) in [4.78, 5) is 2.25. The van der Waals surface area contributed by atoms with Crippen molar-refractivity contribution >= 4 is 0 Å². The summed E-state index contributed by atoms with van der Waals surface area (Å²) in [6.07, 6.45) is 2.72. The fourth-order valence-corrected chi connectivity index (χ4v) is 2.09. The Morgan fingerprint density at radius 2 is 1.86 bits per heavy atom. The largest absolute Gasteiger partial charge is 0.492 e. The maximum absolute atomic E-state index is 5.76. The van der Waals surface area contributed by atoms with E-state index in [1.54, 1.807) is 0 Å². The lowest BCUT2D eigenvalue weighted by atomic mass is 10.2. The highest BCUT2D eigenvalue weighted by Gasteiger charge is 2.20. The Labute approximate surface area is 128 Å². The van der Waals surface area contributed by atoms with Crippen LogP contribution in [0.15, 0.2) is 24.3 Å². The van der Waals surface area contributed by atoms with E-state index in [2.05, 4.69) is 29.4 Å². The first-order valence-electron chi connectivity index (χ1n) is 7.90. The van der Waals surface area contributed by atoms with E-state index in [9.17, 15) is 0 Å². The molecule has 0 bridgehead atoms. The summed E-state index contributed by atoms with van der Waals surface area (Å²) < 4.78 is 11.4. The second kappa shape index (κ2) is 9.03. The average Bonchev–Trinajstić information content (AvgIpc) is 3.30. The molecule has 21 heavy (non-hydrogen) atoms. The number of rotatable bonds is 11. The molecule has 1 aliphatic carbocycles. The molecule has 1 N–H and O–H groups in total. The molecular formula is C17H28N2O2. The third kappa shape index (κ3) is 6.93. The first-order chi connectivity index (χ1) is 10.3. The van der Waals surface area contributed by atoms with Crippen LogP contribution in [0, 0.1) is 5.92 Å². The molecule has 4 nitrogen and oxygen atoms in total. The molecule has 2 rings (SSSR count). The van der Waals surface area contributed by atoms with E-state index in [0.29, 0.717) is 6.61 Å². The molecule has 0 spiro atoms. The van der Waals surface area contributed by atoms with Crippen molar-refractivity contribution in [2.45, 2.75) is 19.4 Å². The van der Waals surface area contributed by atoms with Crippen LogP contribution in [0.1, 0.15) is 18.4 Å². The van der Waals surface area contributed by atoms with Gasteiger partial charge in [0.1, 0.15) is 12.4 Å². The molecular weight excluding hydrogens is 264 g/mol. The third-order valence-corrected chi connectivity index (χ3v) is 3.71. The Morgan fingerprint density at radius 1 is 1.14 bits per heavy atom. The summed E-state index contributed by atoms with van der Waals surface area (Å²) in [5.41, 5.74) is 1.27. The van der Waals surface area contributed by atoms with Crippen LogP contribution >= 0.6 is 0 Å². The maximum Gasteiger partial charge on any atom is 0.119 e. The van der Waals surface area contributed by atoms with Crippen molar-refractivity contribution in [1.82, 2.24) is 10.2 Å². The van der Waals surface area contributed by atoms with Gasteiger partial charge in [0, 0.05) is 26.2 Å². The predicted octanol–water partition coefficient (Wildman–Crippen LogP) is 2.14. The van der Waals surface area contributed by atoms with Crippen LogP contribution in [0.2, 0.25) is 0 Å². The molecule has 4 heteroatoms. The number of hydrogen-bond acceptors (Lipinski definition) is 4. The molecule has 0 amide bonds. The van der Waals surface area contributed by atoms with E-state index < -0.39 is 0 Å². The Bertz CT molecular complexity index is 390. The number of nitrogens with zero attached hydrogens (tertiary/aromatic N) is 1. The van der Waals surface area contributed by atoms with Crippen LogP contribution in [0.3, 0.4) is 0 Å². The zero-order valence-corrected chi connectivity index (χ0v) is 13.3. The van der Waals surface area contributed by atoms with Gasteiger partial charge in [-0.05, 0) is 50.6 Å². The first kappa shape index (κ1) is 16.3. The number of hydrogen-bond donors (Lipinski definition) is 1. The lowest BCUT2D eigenvalue weighted by Crippen LogP contribution is -2.28. The van der Waals surface area contributed by atoms with Gasteiger partial charge in [0.05, 0.1) is 6.61 Å². The highest BCUT2D eigenvalue weighted by atomic mass is 16.5. The minimum Gasteiger partial charge on any atom is -0.492 e. The number of likely N-dealkylation sites (N-methyl/N-ethyl adjacent to an activating group) is 1. The Balaban J connectivity index is 1.52. The van der Waals surface area contributed by atoms with Gasteiger partial charge >= 0.3 is 0 Å². The fourth-order valence-electron chi connectivity index (χ4n) is 2.09. The second-order valence-corrected chi connectivity index (χ2v) is 5.84. The lowest BCUT2D eigenvalue weighted by molar-refractivity contribution is 0.0992. The average molecular weight is 292 g/mol. The summed E-state index contributed by atoms with van der Waals surface area (Å²) in [5, 5.41) is 3.14. The van der Waals surface area contributed by atoms with Crippen LogP contribution in [0.5, 0.6) is 5.75 Å². The van der Waals surface area contributed by atoms with Crippen LogP contribution in [-0.2, 0) is 11.3 Å². The molecule has 1 aromatic rings. The molecule has 0 aromatic heterocycles. The number of nitrogens with one attached hydrogen (secondary N) is 1. The van der Waals surface area contributed by atoms with Crippen LogP contribution in [-0.4, -0.2) is 51.9 Å². The van der Waals surface area contributed by atoms with Crippen LogP contribution < -0.4 is 10.1 Å². The standard InChI is InChI=1S/C17H28N2O2/c1-18-13-15-5-7-17(8-6-15)21-12-10-19(2)9-11-20-14-16-3-4-16/h5-8,16,18H,3-4,9-14H2,1-2H3. The van der Waals surface area contributed by atoms with Gasteiger partial charge in [-0.2, -0.15) is 0 Å². The zero-order valence-electron chi connectivity index (χ0n) is 13.3. The Kier molecular flexibility index (Phi) is 7.00. The third-order valence-electron chi connectivity index (χ3n) is 3.71. The van der Waals surface area contributed by atoms with Crippen molar-refractivity contribution in [2.75, 3.05) is 47.0 Å². The van der Waals surface area contributed by atoms with E-state index in [1.165, 1.54) is 18.4 Å². The summed E-state index contributed by atoms with van der Waals surface area (Å²) in [7, 11) is 4.06. The van der Waals surface area contributed by atoms with E-state index in [4.69, 9.17) is 9.47 Å². The molecule has 118 valence electrons. The molecule has 0 heterocycles. The van der Waals surface area contributed by atoms with Gasteiger partial charge in [-0.15, -0.1) is 0 Å². The highest BCUT2D eigenvalue weighted by molar-refractivity contribution is 5.27. The quantitative estimate of drug-likeness (QED) is 0.634. The van der Waals surface area contributed by atoms with Gasteiger partial charge in [0.15, 0.2) is 0 Å². The van der Waals surface area contributed by atoms with Gasteiger partial charge in [0.25, 0.3) is 0 Å². The summed E-state index contributed by atoms with van der Waals surface area (Å²) in [6.45, 7) is 5.27. The van der Waals surface area contributed by atoms with Crippen molar-refractivity contribution in [3.8, 4) is 5.75 Å². The molecule has 0 atom stereocenters. The van der Waals surface area contributed by atoms with E-state index in [1.807, 2.05) is 19.2 Å². The van der Waals surface area contributed by atoms with E-state index in [-0.39, 0.29) is 0 Å². The maximum atomic E-state index is 5.76. The van der Waals surface area contributed by atoms with Gasteiger partial charge in [-0.1, -0.05) is 12.1 Å². The second-order valence-electron chi connectivity index (χ2n) is 5.84. The van der Waals surface area contributed by atoms with Crippen molar-refractivity contribution in [2.24, 2.45) is 5.92 Å². The van der Waals surface area contributed by atoms with Crippen LogP contribution in [0.4, 0.5) is 0 Å². The SMILES string of the molecule is CNCc1ccc(OCCN(C)CCOCC2CC2)cc1. The molecule has 1 saturated carbocycles. The number of ether oxygens (including phenoxy) is 2. The molecule has 0 saturated heterocycles. The fraction of sp³-hybridized carbons (Fsp3) is 0.647. The van der Waals surface area contributed by atoms with E-state index in [0.717, 1.165) is 44.5 Å². The minimum atomic E-state index is 0.713. The predicted molar refractivity (Wildman–Crippen MR) is 85.7 cm³/mol.